The summed E-state index contributed by atoms with van der Waals surface area (Å²) in [5.41, 5.74) is 1.26. The Morgan fingerprint density at radius 1 is 0.656 bits per heavy atom. The molecular weight excluding hydrogens is 1270 g/mol. The molecule has 0 radical (unpaired) electrons. The molecule has 0 aliphatic carbocycles. The molecule has 1 atom stereocenters. The van der Waals surface area contributed by atoms with Crippen LogP contribution in [0.15, 0.2) is 60.7 Å². The summed E-state index contributed by atoms with van der Waals surface area (Å²) < 4.78 is 21.6. The maximum Gasteiger partial charge on any atom is 0.309 e. The van der Waals surface area contributed by atoms with Gasteiger partial charge in [-0.3, -0.25) is 29.8 Å². The van der Waals surface area contributed by atoms with E-state index in [1.807, 2.05) is 65.8 Å². The number of hydrogen-bond donors (Lipinski definition) is 1. The fourth-order valence-corrected chi connectivity index (χ4v) is 10.8. The van der Waals surface area contributed by atoms with Crippen molar-refractivity contribution in [1.82, 2.24) is 0 Å². The molecule has 16 heteroatoms. The summed E-state index contributed by atoms with van der Waals surface area (Å²) in [6.45, 7) is 24.5. The molecule has 4 aromatic carbocycles. The minimum Gasteiger partial charge on any atom is -0.486 e. The van der Waals surface area contributed by atoms with E-state index in [9.17, 15) is 29.8 Å². The van der Waals surface area contributed by atoms with Crippen molar-refractivity contribution < 1.29 is 33.6 Å². The average molecular weight is 1330 g/mol. The van der Waals surface area contributed by atoms with Gasteiger partial charge in [0.1, 0.15) is 22.7 Å². The maximum atomic E-state index is 12.7. The molecule has 0 aromatic heterocycles. The number of carbonyl (C=O) groups excluding carboxylic acids is 2. The number of esters is 1. The number of ether oxygens (including phenoxy) is 3. The van der Waals surface area contributed by atoms with Gasteiger partial charge in [0.05, 0.1) is 42.7 Å². The topological polar surface area (TPSA) is 160 Å². The van der Waals surface area contributed by atoms with Gasteiger partial charge in [-0.25, -0.2) is 0 Å². The zero-order chi connectivity index (χ0) is 48.7. The third-order valence-corrected chi connectivity index (χ3v) is 12.3. The molecule has 1 unspecified atom stereocenters. The highest BCUT2D eigenvalue weighted by Crippen LogP contribution is 2.40. The lowest BCUT2D eigenvalue weighted by Gasteiger charge is -2.25. The van der Waals surface area contributed by atoms with Crippen molar-refractivity contribution in [2.75, 3.05) is 12.4 Å². The minimum atomic E-state index is -0.674. The van der Waals surface area contributed by atoms with E-state index in [0.29, 0.717) is 12.1 Å². The molecule has 0 fully saturated rings. The Morgan fingerprint density at radius 2 is 1.12 bits per heavy atom. The number of benzene rings is 4. The Morgan fingerprint density at radius 3 is 1.53 bits per heavy atom. The predicted octanol–water partition coefficient (Wildman–Crippen LogP) is 14.8. The van der Waals surface area contributed by atoms with Crippen LogP contribution in [0, 0.1) is 56.7 Å². The quantitative estimate of drug-likeness (QED) is 0.0595. The van der Waals surface area contributed by atoms with Crippen LogP contribution in [0.25, 0.3) is 0 Å². The first-order valence-electron chi connectivity index (χ1n) is 20.5. The van der Waals surface area contributed by atoms with Crippen LogP contribution in [-0.4, -0.2) is 34.4 Å². The molecule has 4 aromatic rings. The van der Waals surface area contributed by atoms with Gasteiger partial charge in [-0.15, -0.1) is 0 Å². The Hall–Kier alpha value is -2.86. The highest BCUT2D eigenvalue weighted by molar-refractivity contribution is 14.1. The lowest BCUT2D eigenvalue weighted by molar-refractivity contribution is -0.395. The molecule has 0 heterocycles. The first kappa shape index (κ1) is 55.5. The van der Waals surface area contributed by atoms with Crippen molar-refractivity contribution in [1.29, 1.82) is 0 Å². The molecule has 0 aliphatic rings. The first-order valence-corrected chi connectivity index (χ1v) is 24.8. The predicted molar refractivity (Wildman–Crippen MR) is 288 cm³/mol. The summed E-state index contributed by atoms with van der Waals surface area (Å²) in [5.74, 6) is 1.50. The number of nitro groups is 2. The summed E-state index contributed by atoms with van der Waals surface area (Å²) in [4.78, 5) is 47.0. The fraction of sp³-hybridized carbons (Fsp3) is 0.458. The number of methoxy groups -OCH3 is 1. The second kappa shape index (κ2) is 22.8. The van der Waals surface area contributed by atoms with E-state index in [0.717, 1.165) is 67.6 Å². The van der Waals surface area contributed by atoms with Gasteiger partial charge in [-0.1, -0.05) is 74.4 Å². The molecule has 348 valence electrons. The maximum absolute atomic E-state index is 12.7. The smallest absolute Gasteiger partial charge is 0.309 e. The summed E-state index contributed by atoms with van der Waals surface area (Å²) in [6, 6.07) is 17.7. The van der Waals surface area contributed by atoms with E-state index in [2.05, 4.69) is 149 Å². The van der Waals surface area contributed by atoms with Gasteiger partial charge in [0.2, 0.25) is 0 Å². The molecule has 0 saturated carbocycles. The second-order valence-corrected chi connectivity index (χ2v) is 24.9. The van der Waals surface area contributed by atoms with Gasteiger partial charge >= 0.3 is 5.97 Å². The molecule has 1 amide bonds. The van der Waals surface area contributed by atoms with Crippen LogP contribution < -0.4 is 14.8 Å². The number of rotatable bonds is 13. The second-order valence-electron chi connectivity index (χ2n) is 20.2. The van der Waals surface area contributed by atoms with Gasteiger partial charge in [0.15, 0.2) is 5.75 Å². The standard InChI is InChI=1S/C25H30I4O4.C23H29N3O5/c1-24(2,3)13-15(23(30)31-7)8-14-9-17(26)21(18(27)10-14)32-16-11-19(28)22(20(29)12-16)33-25(4,5)6;1-22(2,3)13-15-7-9-17(10-8-15)24-21(27)16-11-19(25(28)29)18(14-23(4,5)6)20(12-16)26(30)31/h9-12,15H,8,13H2,1-7H3;7-12H,13-14H2,1-6H3,(H,24,27). The fourth-order valence-electron chi connectivity index (χ4n) is 6.71. The number of anilines is 1. The average Bonchev–Trinajstić information content (AvgIpc) is 3.12. The van der Waals surface area contributed by atoms with Crippen LogP contribution in [0.2, 0.25) is 0 Å². The Kier molecular flexibility index (Phi) is 19.7. The lowest BCUT2D eigenvalue weighted by Crippen LogP contribution is -2.24. The molecule has 0 bridgehead atoms. The van der Waals surface area contributed by atoms with E-state index < -0.39 is 32.5 Å². The first-order chi connectivity index (χ1) is 29.3. The van der Waals surface area contributed by atoms with E-state index >= 15 is 0 Å². The summed E-state index contributed by atoms with van der Waals surface area (Å²) in [7, 11) is 1.46. The van der Waals surface area contributed by atoms with Gasteiger partial charge in [0, 0.05) is 17.8 Å². The van der Waals surface area contributed by atoms with Gasteiger partial charge in [-0.2, -0.15) is 0 Å². The van der Waals surface area contributed by atoms with Gasteiger partial charge in [-0.05, 0) is 201 Å². The minimum absolute atomic E-state index is 0.0191. The summed E-state index contributed by atoms with van der Waals surface area (Å²) in [5, 5.41) is 25.9. The molecule has 0 spiro atoms. The van der Waals surface area contributed by atoms with Crippen LogP contribution in [0.4, 0.5) is 17.1 Å². The molecular formula is C48H59I4N3O9. The summed E-state index contributed by atoms with van der Waals surface area (Å²) >= 11 is 9.20. The van der Waals surface area contributed by atoms with Crippen LogP contribution in [0.5, 0.6) is 17.2 Å². The zero-order valence-electron chi connectivity index (χ0n) is 38.8. The van der Waals surface area contributed by atoms with Crippen LogP contribution >= 0.6 is 90.4 Å². The van der Waals surface area contributed by atoms with Crippen molar-refractivity contribution in [2.45, 2.75) is 114 Å². The number of nitro benzene ring substituents is 2. The lowest BCUT2D eigenvalue weighted by atomic mass is 9.82. The van der Waals surface area contributed by atoms with Crippen LogP contribution in [0.3, 0.4) is 0 Å². The third kappa shape index (κ3) is 18.1. The normalized spacial score (nSPS) is 12.4. The molecule has 1 N–H and O–H groups in total. The van der Waals surface area contributed by atoms with Crippen molar-refractivity contribution in [3.8, 4) is 17.2 Å². The highest BCUT2D eigenvalue weighted by atomic mass is 127. The Balaban J connectivity index is 0.000000341. The number of halogens is 4. The van der Waals surface area contributed by atoms with Crippen LogP contribution in [-0.2, 0) is 28.8 Å². The van der Waals surface area contributed by atoms with E-state index in [4.69, 9.17) is 14.2 Å². The van der Waals surface area contributed by atoms with Crippen molar-refractivity contribution in [2.24, 2.45) is 22.2 Å². The SMILES string of the molecule is CC(C)(C)Cc1ccc(NC(=O)c2cc([N+](=O)[O-])c(CC(C)(C)C)c([N+](=O)[O-])c2)cc1.COC(=O)C(Cc1cc(I)c(Oc2cc(I)c(OC(C)(C)C)c(I)c2)c(I)c1)CC(C)(C)C. The molecule has 0 aliphatic heterocycles. The number of nitrogens with zero attached hydrogens (tertiary/aromatic N) is 2. The van der Waals surface area contributed by atoms with Crippen molar-refractivity contribution in [3.63, 3.8) is 0 Å². The molecule has 0 saturated heterocycles. The number of carbonyl (C=O) groups is 2. The summed E-state index contributed by atoms with van der Waals surface area (Å²) in [6.07, 6.45) is 2.42. The Bertz CT molecular complexity index is 2260. The van der Waals surface area contributed by atoms with E-state index in [1.165, 1.54) is 7.11 Å². The Labute approximate surface area is 432 Å². The van der Waals surface area contributed by atoms with Crippen LogP contribution in [0.1, 0.15) is 117 Å². The number of hydrogen-bond acceptors (Lipinski definition) is 9. The third-order valence-electron chi connectivity index (χ3n) is 9.05. The van der Waals surface area contributed by atoms with Crippen molar-refractivity contribution in [3.05, 3.63) is 117 Å². The monoisotopic (exact) mass is 1330 g/mol. The largest absolute Gasteiger partial charge is 0.486 e. The molecule has 12 nitrogen and oxygen atoms in total. The highest BCUT2D eigenvalue weighted by Gasteiger charge is 2.32. The van der Waals surface area contributed by atoms with Gasteiger partial charge in [0.25, 0.3) is 17.3 Å². The zero-order valence-corrected chi connectivity index (χ0v) is 47.4. The number of nitrogens with one attached hydrogen (secondary N) is 1. The van der Waals surface area contributed by atoms with E-state index in [1.54, 1.807) is 12.1 Å². The molecule has 4 rings (SSSR count). The number of amides is 1. The van der Waals surface area contributed by atoms with Crippen molar-refractivity contribution >= 4 is 119 Å². The van der Waals surface area contributed by atoms with E-state index in [-0.39, 0.29) is 45.9 Å². The van der Waals surface area contributed by atoms with Gasteiger partial charge < -0.3 is 19.5 Å². The molecule has 64 heavy (non-hydrogen) atoms.